The highest BCUT2D eigenvalue weighted by Crippen LogP contribution is 2.28. The van der Waals surface area contributed by atoms with Crippen LogP contribution < -0.4 is 5.32 Å². The van der Waals surface area contributed by atoms with Crippen LogP contribution in [0.4, 0.5) is 0 Å². The third kappa shape index (κ3) is 4.73. The third-order valence-electron chi connectivity index (χ3n) is 5.50. The Morgan fingerprint density at radius 3 is 2.53 bits per heavy atom. The molecule has 4 rings (SSSR count). The minimum Gasteiger partial charge on any atom is -0.355 e. The minimum absolute atomic E-state index is 0.00292. The van der Waals surface area contributed by atoms with E-state index in [0.29, 0.717) is 17.3 Å². The van der Waals surface area contributed by atoms with Gasteiger partial charge in [0.15, 0.2) is 11.5 Å². The molecule has 1 fully saturated rings. The van der Waals surface area contributed by atoms with Gasteiger partial charge in [0.25, 0.3) is 5.91 Å². The van der Waals surface area contributed by atoms with Gasteiger partial charge < -0.3 is 14.7 Å². The number of aromatic nitrogens is 1. The van der Waals surface area contributed by atoms with Crippen molar-refractivity contribution in [2.45, 2.75) is 6.04 Å². The van der Waals surface area contributed by atoms with Crippen LogP contribution in [-0.4, -0.2) is 60.6 Å². The number of carbonyl (C=O) groups excluding carboxylic acids is 1. The quantitative estimate of drug-likeness (QED) is 0.653. The zero-order valence-corrected chi connectivity index (χ0v) is 17.7. The normalized spacial score (nSPS) is 16.3. The molecule has 156 valence electrons. The first-order chi connectivity index (χ1) is 14.6. The molecule has 0 radical (unpaired) electrons. The maximum Gasteiger partial charge on any atom is 0.273 e. The van der Waals surface area contributed by atoms with Crippen LogP contribution in [-0.2, 0) is 0 Å². The summed E-state index contributed by atoms with van der Waals surface area (Å²) in [4.78, 5) is 17.4. The summed E-state index contributed by atoms with van der Waals surface area (Å²) >= 11 is 6.49. The van der Waals surface area contributed by atoms with Crippen molar-refractivity contribution in [1.82, 2.24) is 20.3 Å². The fourth-order valence-electron chi connectivity index (χ4n) is 3.72. The fraction of sp³-hybridized carbons (Fsp3) is 0.304. The summed E-state index contributed by atoms with van der Waals surface area (Å²) in [5.74, 6) is 0.314. The van der Waals surface area contributed by atoms with E-state index in [1.165, 1.54) is 0 Å². The minimum atomic E-state index is -0.257. The molecule has 0 spiro atoms. The zero-order chi connectivity index (χ0) is 20.9. The van der Waals surface area contributed by atoms with Gasteiger partial charge >= 0.3 is 0 Å². The van der Waals surface area contributed by atoms with Crippen molar-refractivity contribution in [3.05, 3.63) is 76.9 Å². The predicted molar refractivity (Wildman–Crippen MR) is 118 cm³/mol. The van der Waals surface area contributed by atoms with Crippen molar-refractivity contribution in [1.29, 1.82) is 0 Å². The number of benzene rings is 2. The van der Waals surface area contributed by atoms with E-state index in [4.69, 9.17) is 16.1 Å². The monoisotopic (exact) mass is 424 g/mol. The van der Waals surface area contributed by atoms with Crippen LogP contribution in [0.1, 0.15) is 22.1 Å². The summed E-state index contributed by atoms with van der Waals surface area (Å²) in [6.07, 6.45) is 0. The van der Waals surface area contributed by atoms with E-state index in [1.54, 1.807) is 6.07 Å². The van der Waals surface area contributed by atoms with Crippen LogP contribution in [0, 0.1) is 0 Å². The zero-order valence-electron chi connectivity index (χ0n) is 16.9. The predicted octanol–water partition coefficient (Wildman–Crippen LogP) is 3.71. The summed E-state index contributed by atoms with van der Waals surface area (Å²) in [5.41, 5.74) is 2.18. The number of rotatable bonds is 6. The molecule has 7 heteroatoms. The van der Waals surface area contributed by atoms with Crippen molar-refractivity contribution in [2.24, 2.45) is 0 Å². The van der Waals surface area contributed by atoms with Gasteiger partial charge in [-0.05, 0) is 18.7 Å². The molecular weight excluding hydrogens is 400 g/mol. The van der Waals surface area contributed by atoms with E-state index in [2.05, 4.69) is 27.3 Å². The van der Waals surface area contributed by atoms with E-state index < -0.39 is 0 Å². The van der Waals surface area contributed by atoms with Gasteiger partial charge in [0.1, 0.15) is 0 Å². The molecule has 1 N–H and O–H groups in total. The molecule has 1 amide bonds. The van der Waals surface area contributed by atoms with Crippen LogP contribution in [0.3, 0.4) is 0 Å². The maximum atomic E-state index is 12.8. The Morgan fingerprint density at radius 2 is 1.80 bits per heavy atom. The molecule has 2 aromatic carbocycles. The van der Waals surface area contributed by atoms with Gasteiger partial charge in [0.2, 0.25) is 0 Å². The van der Waals surface area contributed by atoms with Crippen LogP contribution in [0.2, 0.25) is 5.02 Å². The number of hydrogen-bond donors (Lipinski definition) is 1. The Morgan fingerprint density at radius 1 is 1.10 bits per heavy atom. The van der Waals surface area contributed by atoms with E-state index in [-0.39, 0.29) is 17.6 Å². The average molecular weight is 425 g/mol. The number of hydrogen-bond acceptors (Lipinski definition) is 5. The van der Waals surface area contributed by atoms with Crippen LogP contribution in [0.5, 0.6) is 0 Å². The molecule has 0 saturated carbocycles. The fourth-order valence-corrected chi connectivity index (χ4v) is 3.98. The molecule has 0 bridgehead atoms. The summed E-state index contributed by atoms with van der Waals surface area (Å²) in [5, 5.41) is 7.68. The highest BCUT2D eigenvalue weighted by molar-refractivity contribution is 6.31. The second kappa shape index (κ2) is 9.43. The molecule has 3 aromatic rings. The Bertz CT molecular complexity index is 984. The number of halogens is 1. The summed E-state index contributed by atoms with van der Waals surface area (Å²) in [6, 6.07) is 19.1. The van der Waals surface area contributed by atoms with Crippen molar-refractivity contribution in [3.8, 4) is 11.3 Å². The number of piperazine rings is 1. The smallest absolute Gasteiger partial charge is 0.273 e. The summed E-state index contributed by atoms with van der Waals surface area (Å²) in [6.45, 7) is 4.26. The SMILES string of the molecule is CN1CCN([C@H](CNC(=O)c2cc(-c3ccccc3)on2)c2ccccc2Cl)CC1. The molecule has 1 aliphatic heterocycles. The number of nitrogens with zero attached hydrogens (tertiary/aromatic N) is 3. The molecule has 2 heterocycles. The summed E-state index contributed by atoms with van der Waals surface area (Å²) in [7, 11) is 2.12. The van der Waals surface area contributed by atoms with Crippen LogP contribution in [0.25, 0.3) is 11.3 Å². The Kier molecular flexibility index (Phi) is 6.47. The van der Waals surface area contributed by atoms with Crippen molar-refractivity contribution in [2.75, 3.05) is 39.8 Å². The van der Waals surface area contributed by atoms with E-state index >= 15 is 0 Å². The first-order valence-electron chi connectivity index (χ1n) is 10.1. The van der Waals surface area contributed by atoms with Crippen molar-refractivity contribution in [3.63, 3.8) is 0 Å². The lowest BCUT2D eigenvalue weighted by Gasteiger charge is -2.38. The number of likely N-dealkylation sites (N-methyl/N-ethyl adjacent to an activating group) is 1. The molecule has 6 nitrogen and oxygen atoms in total. The molecule has 1 atom stereocenters. The molecule has 1 saturated heterocycles. The van der Waals surface area contributed by atoms with E-state index in [0.717, 1.165) is 37.3 Å². The standard InChI is InChI=1S/C23H25ClN4O2/c1-27-11-13-28(14-12-27)21(18-9-5-6-10-19(18)24)16-25-23(29)20-15-22(30-26-20)17-7-3-2-4-8-17/h2-10,15,21H,11-14,16H2,1H3,(H,25,29)/t21-/m1/s1. The lowest BCUT2D eigenvalue weighted by molar-refractivity contribution is 0.0879. The summed E-state index contributed by atoms with van der Waals surface area (Å²) < 4.78 is 5.36. The first-order valence-corrected chi connectivity index (χ1v) is 10.5. The lowest BCUT2D eigenvalue weighted by Crippen LogP contribution is -2.48. The second-order valence-electron chi connectivity index (χ2n) is 7.53. The Balaban J connectivity index is 1.48. The van der Waals surface area contributed by atoms with Crippen LogP contribution in [0.15, 0.2) is 65.2 Å². The van der Waals surface area contributed by atoms with Gasteiger partial charge in [0, 0.05) is 49.4 Å². The van der Waals surface area contributed by atoms with Crippen LogP contribution >= 0.6 is 11.6 Å². The average Bonchev–Trinajstić information content (AvgIpc) is 3.27. The van der Waals surface area contributed by atoms with Gasteiger partial charge in [-0.15, -0.1) is 0 Å². The van der Waals surface area contributed by atoms with Gasteiger partial charge in [0.05, 0.1) is 6.04 Å². The van der Waals surface area contributed by atoms with E-state index in [1.807, 2.05) is 54.6 Å². The van der Waals surface area contributed by atoms with Crippen molar-refractivity contribution >= 4 is 17.5 Å². The maximum absolute atomic E-state index is 12.8. The Hall–Kier alpha value is -2.67. The number of amides is 1. The highest BCUT2D eigenvalue weighted by Gasteiger charge is 2.26. The van der Waals surface area contributed by atoms with Gasteiger partial charge in [-0.2, -0.15) is 0 Å². The van der Waals surface area contributed by atoms with E-state index in [9.17, 15) is 4.79 Å². The molecule has 0 unspecified atom stereocenters. The lowest BCUT2D eigenvalue weighted by atomic mass is 10.0. The van der Waals surface area contributed by atoms with Gasteiger partial charge in [-0.1, -0.05) is 65.3 Å². The second-order valence-corrected chi connectivity index (χ2v) is 7.94. The van der Waals surface area contributed by atoms with Gasteiger partial charge in [-0.3, -0.25) is 9.69 Å². The highest BCUT2D eigenvalue weighted by atomic mass is 35.5. The van der Waals surface area contributed by atoms with Crippen molar-refractivity contribution < 1.29 is 9.32 Å². The molecule has 30 heavy (non-hydrogen) atoms. The number of carbonyl (C=O) groups is 1. The molecule has 1 aromatic heterocycles. The number of nitrogens with one attached hydrogen (secondary N) is 1. The van der Waals surface area contributed by atoms with Gasteiger partial charge in [-0.25, -0.2) is 0 Å². The third-order valence-corrected chi connectivity index (χ3v) is 5.84. The topological polar surface area (TPSA) is 61.6 Å². The molecule has 1 aliphatic rings. The first kappa shape index (κ1) is 20.6. The molecular formula is C23H25ClN4O2. The Labute approximate surface area is 181 Å². The largest absolute Gasteiger partial charge is 0.355 e. The molecule has 0 aliphatic carbocycles.